The molecular formula is C16H22ClFN2O2. The van der Waals surface area contributed by atoms with Crippen molar-refractivity contribution in [2.24, 2.45) is 0 Å². The Kier molecular flexibility index (Phi) is 5.29. The minimum atomic E-state index is -0.419. The number of nitrogens with zero attached hydrogens (tertiary/aromatic N) is 1. The number of hydrogen-bond acceptors (Lipinski definition) is 3. The van der Waals surface area contributed by atoms with Gasteiger partial charge < -0.3 is 15.0 Å². The van der Waals surface area contributed by atoms with Crippen molar-refractivity contribution in [1.82, 2.24) is 10.2 Å². The van der Waals surface area contributed by atoms with E-state index in [1.807, 2.05) is 7.05 Å². The van der Waals surface area contributed by atoms with E-state index >= 15 is 0 Å². The van der Waals surface area contributed by atoms with Crippen LogP contribution in [-0.2, 0) is 0 Å². The fraction of sp³-hybridized carbons (Fsp3) is 0.562. The maximum absolute atomic E-state index is 13.4. The van der Waals surface area contributed by atoms with Crippen molar-refractivity contribution in [1.29, 1.82) is 0 Å². The van der Waals surface area contributed by atoms with Crippen LogP contribution >= 0.6 is 12.4 Å². The fourth-order valence-corrected chi connectivity index (χ4v) is 3.55. The minimum Gasteiger partial charge on any atom is -0.496 e. The number of rotatable bonds is 3. The number of amides is 1. The summed E-state index contributed by atoms with van der Waals surface area (Å²) in [5.74, 6) is -0.166. The van der Waals surface area contributed by atoms with E-state index in [-0.39, 0.29) is 24.4 Å². The van der Waals surface area contributed by atoms with Crippen molar-refractivity contribution >= 4 is 18.3 Å². The molecule has 1 amide bonds. The van der Waals surface area contributed by atoms with Gasteiger partial charge in [-0.1, -0.05) is 0 Å². The van der Waals surface area contributed by atoms with Crippen molar-refractivity contribution < 1.29 is 13.9 Å². The lowest BCUT2D eigenvalue weighted by Crippen LogP contribution is -2.48. The molecule has 22 heavy (non-hydrogen) atoms. The first-order chi connectivity index (χ1) is 10.1. The van der Waals surface area contributed by atoms with Gasteiger partial charge >= 0.3 is 0 Å². The molecule has 2 heterocycles. The van der Waals surface area contributed by atoms with Crippen LogP contribution in [0, 0.1) is 5.82 Å². The van der Waals surface area contributed by atoms with Crippen molar-refractivity contribution in [2.75, 3.05) is 14.2 Å². The third kappa shape index (κ3) is 3.20. The Balaban J connectivity index is 0.00000176. The second kappa shape index (κ2) is 6.84. The average Bonchev–Trinajstić information content (AvgIpc) is 2.84. The lowest BCUT2D eigenvalue weighted by Gasteiger charge is -2.35. The summed E-state index contributed by atoms with van der Waals surface area (Å²) in [5, 5.41) is 3.56. The molecule has 2 aliphatic heterocycles. The summed E-state index contributed by atoms with van der Waals surface area (Å²) in [6.07, 6.45) is 4.31. The molecule has 6 heteroatoms. The van der Waals surface area contributed by atoms with E-state index < -0.39 is 5.82 Å². The molecule has 0 saturated carbocycles. The maximum atomic E-state index is 13.4. The number of benzene rings is 1. The minimum absolute atomic E-state index is 0. The van der Waals surface area contributed by atoms with Gasteiger partial charge in [-0.25, -0.2) is 4.39 Å². The Bertz CT molecular complexity index is 543. The van der Waals surface area contributed by atoms with Crippen LogP contribution in [0.3, 0.4) is 0 Å². The molecular weight excluding hydrogens is 307 g/mol. The summed E-state index contributed by atoms with van der Waals surface area (Å²) in [6, 6.07) is 5.30. The normalized spacial score (nSPS) is 26.2. The highest BCUT2D eigenvalue weighted by Crippen LogP contribution is 2.31. The molecule has 0 spiro atoms. The summed E-state index contributed by atoms with van der Waals surface area (Å²) in [6.45, 7) is 0. The van der Waals surface area contributed by atoms with Gasteiger partial charge in [0.2, 0.25) is 0 Å². The number of nitrogens with one attached hydrogen (secondary N) is 1. The lowest BCUT2D eigenvalue weighted by molar-refractivity contribution is 0.0678. The van der Waals surface area contributed by atoms with Crippen molar-refractivity contribution in [3.63, 3.8) is 0 Å². The number of carbonyl (C=O) groups is 1. The van der Waals surface area contributed by atoms with Gasteiger partial charge in [-0.05, 0) is 43.9 Å². The predicted molar refractivity (Wildman–Crippen MR) is 85.3 cm³/mol. The molecule has 1 aromatic carbocycles. The molecule has 2 saturated heterocycles. The SMILES string of the molecule is COc1ccc(F)cc1C(=O)N(C)C1CC2CCC(C1)N2.Cl. The van der Waals surface area contributed by atoms with Gasteiger partial charge in [-0.15, -0.1) is 12.4 Å². The summed E-state index contributed by atoms with van der Waals surface area (Å²) >= 11 is 0. The van der Waals surface area contributed by atoms with E-state index in [9.17, 15) is 9.18 Å². The molecule has 2 aliphatic rings. The van der Waals surface area contributed by atoms with Crippen LogP contribution in [0.5, 0.6) is 5.75 Å². The van der Waals surface area contributed by atoms with E-state index in [1.165, 1.54) is 38.2 Å². The summed E-state index contributed by atoms with van der Waals surface area (Å²) in [5.41, 5.74) is 0.297. The first-order valence-corrected chi connectivity index (χ1v) is 7.45. The number of ether oxygens (including phenoxy) is 1. The Morgan fingerprint density at radius 1 is 1.32 bits per heavy atom. The Hall–Kier alpha value is -1.33. The van der Waals surface area contributed by atoms with Crippen molar-refractivity contribution in [3.05, 3.63) is 29.6 Å². The quantitative estimate of drug-likeness (QED) is 0.927. The predicted octanol–water partition coefficient (Wildman–Crippen LogP) is 2.61. The first kappa shape index (κ1) is 17.0. The van der Waals surface area contributed by atoms with E-state index in [0.717, 1.165) is 12.8 Å². The molecule has 0 aliphatic carbocycles. The standard InChI is InChI=1S/C16H21FN2O2.ClH/c1-19(13-8-11-4-5-12(9-13)18-11)16(20)14-7-10(17)3-6-15(14)21-2;/h3,6-7,11-13,18H,4-5,8-9H2,1-2H3;1H. The molecule has 2 atom stereocenters. The van der Waals surface area contributed by atoms with Gasteiger partial charge in [0.25, 0.3) is 5.91 Å². The third-order valence-corrected chi connectivity index (χ3v) is 4.71. The van der Waals surface area contributed by atoms with Crippen LogP contribution < -0.4 is 10.1 Å². The molecule has 0 radical (unpaired) electrons. The second-order valence-corrected chi connectivity index (χ2v) is 6.02. The van der Waals surface area contributed by atoms with Gasteiger partial charge in [0.05, 0.1) is 12.7 Å². The summed E-state index contributed by atoms with van der Waals surface area (Å²) < 4.78 is 18.6. The van der Waals surface area contributed by atoms with Crippen LogP contribution in [0.1, 0.15) is 36.0 Å². The Labute approximate surface area is 136 Å². The third-order valence-electron chi connectivity index (χ3n) is 4.71. The molecule has 2 unspecified atom stereocenters. The van der Waals surface area contributed by atoms with E-state index in [1.54, 1.807) is 4.90 Å². The van der Waals surface area contributed by atoms with Gasteiger partial charge in [0.15, 0.2) is 0 Å². The van der Waals surface area contributed by atoms with Crippen LogP contribution in [-0.4, -0.2) is 43.1 Å². The zero-order valence-corrected chi connectivity index (χ0v) is 13.7. The summed E-state index contributed by atoms with van der Waals surface area (Å²) in [4.78, 5) is 14.4. The molecule has 0 aromatic heterocycles. The van der Waals surface area contributed by atoms with Gasteiger partial charge in [-0.3, -0.25) is 4.79 Å². The molecule has 3 rings (SSSR count). The molecule has 1 N–H and O–H groups in total. The molecule has 2 bridgehead atoms. The molecule has 4 nitrogen and oxygen atoms in total. The second-order valence-electron chi connectivity index (χ2n) is 6.02. The molecule has 1 aromatic rings. The fourth-order valence-electron chi connectivity index (χ4n) is 3.55. The highest BCUT2D eigenvalue weighted by atomic mass is 35.5. The number of carbonyl (C=O) groups excluding carboxylic acids is 1. The smallest absolute Gasteiger partial charge is 0.257 e. The van der Waals surface area contributed by atoms with E-state index in [0.29, 0.717) is 23.4 Å². The van der Waals surface area contributed by atoms with Crippen LogP contribution in [0.15, 0.2) is 18.2 Å². The lowest BCUT2D eigenvalue weighted by atomic mass is 9.98. The van der Waals surface area contributed by atoms with Crippen LogP contribution in [0.4, 0.5) is 4.39 Å². The largest absolute Gasteiger partial charge is 0.496 e. The van der Waals surface area contributed by atoms with Crippen LogP contribution in [0.2, 0.25) is 0 Å². The molecule has 122 valence electrons. The number of methoxy groups -OCH3 is 1. The summed E-state index contributed by atoms with van der Waals surface area (Å²) in [7, 11) is 3.30. The molecule has 2 fully saturated rings. The van der Waals surface area contributed by atoms with Crippen molar-refractivity contribution in [2.45, 2.75) is 43.8 Å². The Morgan fingerprint density at radius 2 is 1.95 bits per heavy atom. The highest BCUT2D eigenvalue weighted by molar-refractivity contribution is 5.97. The topological polar surface area (TPSA) is 41.6 Å². The number of fused-ring (bicyclic) bond motifs is 2. The van der Waals surface area contributed by atoms with E-state index in [2.05, 4.69) is 5.32 Å². The number of piperidine rings is 1. The maximum Gasteiger partial charge on any atom is 0.257 e. The van der Waals surface area contributed by atoms with E-state index in [4.69, 9.17) is 4.74 Å². The van der Waals surface area contributed by atoms with Gasteiger partial charge in [0.1, 0.15) is 11.6 Å². The first-order valence-electron chi connectivity index (χ1n) is 7.45. The average molecular weight is 329 g/mol. The van der Waals surface area contributed by atoms with Crippen molar-refractivity contribution in [3.8, 4) is 5.75 Å². The zero-order valence-electron chi connectivity index (χ0n) is 12.8. The number of halogens is 2. The monoisotopic (exact) mass is 328 g/mol. The Morgan fingerprint density at radius 3 is 2.55 bits per heavy atom. The van der Waals surface area contributed by atoms with Gasteiger partial charge in [-0.2, -0.15) is 0 Å². The highest BCUT2D eigenvalue weighted by Gasteiger charge is 2.36. The van der Waals surface area contributed by atoms with Crippen LogP contribution in [0.25, 0.3) is 0 Å². The number of hydrogen-bond donors (Lipinski definition) is 1. The van der Waals surface area contributed by atoms with Gasteiger partial charge in [0, 0.05) is 25.2 Å². The zero-order chi connectivity index (χ0) is 15.0.